The maximum absolute atomic E-state index is 15.8. The first-order chi connectivity index (χ1) is 13.9. The van der Waals surface area contributed by atoms with Gasteiger partial charge in [-0.3, -0.25) is 4.99 Å². The normalized spacial score (nSPS) is 15.0. The van der Waals surface area contributed by atoms with Gasteiger partial charge in [0.05, 0.1) is 5.70 Å². The Morgan fingerprint density at radius 1 is 1.14 bits per heavy atom. The molecule has 1 saturated carbocycles. The molecule has 2 aromatic rings. The van der Waals surface area contributed by atoms with Crippen LogP contribution in [0.25, 0.3) is 5.70 Å². The third kappa shape index (κ3) is 4.67. The molecule has 1 aliphatic rings. The highest BCUT2D eigenvalue weighted by Gasteiger charge is 2.25. The zero-order chi connectivity index (χ0) is 21.0. The second-order valence-electron chi connectivity index (χ2n) is 8.00. The van der Waals surface area contributed by atoms with E-state index in [1.165, 1.54) is 34.9 Å². The van der Waals surface area contributed by atoms with E-state index in [9.17, 15) is 0 Å². The highest BCUT2D eigenvalue weighted by Crippen LogP contribution is 2.40. The Kier molecular flexibility index (Phi) is 6.68. The van der Waals surface area contributed by atoms with Crippen molar-refractivity contribution < 1.29 is 4.39 Å². The summed E-state index contributed by atoms with van der Waals surface area (Å²) in [4.78, 5) is 4.34. The van der Waals surface area contributed by atoms with E-state index in [1.807, 2.05) is 19.1 Å². The average Bonchev–Trinajstić information content (AvgIpc) is 2.63. The molecule has 3 rings (SSSR count). The van der Waals surface area contributed by atoms with Crippen LogP contribution in [0.3, 0.4) is 0 Å². The van der Waals surface area contributed by atoms with Crippen LogP contribution in [-0.4, -0.2) is 6.21 Å². The zero-order valence-corrected chi connectivity index (χ0v) is 17.8. The number of rotatable bonds is 7. The smallest absolute Gasteiger partial charge is 0.136 e. The fourth-order valence-electron chi connectivity index (χ4n) is 4.14. The van der Waals surface area contributed by atoms with Crippen LogP contribution in [0.15, 0.2) is 53.7 Å². The lowest BCUT2D eigenvalue weighted by Gasteiger charge is -2.29. The summed E-state index contributed by atoms with van der Waals surface area (Å²) < 4.78 is 15.8. The van der Waals surface area contributed by atoms with Crippen molar-refractivity contribution in [2.75, 3.05) is 0 Å². The largest absolute Gasteiger partial charge is 0.398 e. The topological polar surface area (TPSA) is 38.4 Å². The van der Waals surface area contributed by atoms with Gasteiger partial charge in [-0.05, 0) is 86.3 Å². The monoisotopic (exact) mass is 390 g/mol. The van der Waals surface area contributed by atoms with Crippen LogP contribution in [-0.2, 0) is 12.8 Å². The van der Waals surface area contributed by atoms with Gasteiger partial charge in [0.2, 0.25) is 0 Å². The molecule has 152 valence electrons. The summed E-state index contributed by atoms with van der Waals surface area (Å²) in [6, 6.07) is 10.3. The molecule has 0 radical (unpaired) electrons. The van der Waals surface area contributed by atoms with Gasteiger partial charge in [-0.1, -0.05) is 43.3 Å². The predicted octanol–water partition coefficient (Wildman–Crippen LogP) is 6.40. The summed E-state index contributed by atoms with van der Waals surface area (Å²) in [5.74, 6) is 0.335. The summed E-state index contributed by atoms with van der Waals surface area (Å²) in [7, 11) is 0. The van der Waals surface area contributed by atoms with Crippen molar-refractivity contribution in [3.63, 3.8) is 0 Å². The summed E-state index contributed by atoms with van der Waals surface area (Å²) in [6.07, 6.45) is 8.36. The van der Waals surface area contributed by atoms with Gasteiger partial charge in [-0.15, -0.1) is 0 Å². The van der Waals surface area contributed by atoms with Crippen molar-refractivity contribution in [2.45, 2.75) is 58.8 Å². The molecule has 0 heterocycles. The Balaban J connectivity index is 1.99. The molecular formula is C26H31FN2. The zero-order valence-electron chi connectivity index (χ0n) is 17.8. The van der Waals surface area contributed by atoms with E-state index >= 15 is 4.39 Å². The van der Waals surface area contributed by atoms with Crippen molar-refractivity contribution in [1.82, 2.24) is 0 Å². The van der Waals surface area contributed by atoms with E-state index < -0.39 is 0 Å². The first-order valence-electron chi connectivity index (χ1n) is 10.4. The minimum atomic E-state index is -0.145. The molecule has 0 amide bonds. The molecular weight excluding hydrogens is 359 g/mol. The number of halogens is 1. The first-order valence-corrected chi connectivity index (χ1v) is 10.4. The van der Waals surface area contributed by atoms with E-state index in [-0.39, 0.29) is 5.82 Å². The fraction of sp³-hybridized carbons (Fsp3) is 0.346. The van der Waals surface area contributed by atoms with E-state index in [2.05, 4.69) is 49.7 Å². The van der Waals surface area contributed by atoms with Crippen LogP contribution < -0.4 is 5.73 Å². The molecule has 1 fully saturated rings. The van der Waals surface area contributed by atoms with Gasteiger partial charge in [0, 0.05) is 17.5 Å². The Bertz CT molecular complexity index is 945. The molecule has 1 aliphatic carbocycles. The Labute approximate surface area is 174 Å². The molecule has 29 heavy (non-hydrogen) atoms. The molecule has 0 aliphatic heterocycles. The lowest BCUT2D eigenvalue weighted by molar-refractivity contribution is 0.414. The van der Waals surface area contributed by atoms with Crippen LogP contribution >= 0.6 is 0 Å². The van der Waals surface area contributed by atoms with Gasteiger partial charge in [0.15, 0.2) is 0 Å². The second kappa shape index (κ2) is 9.21. The van der Waals surface area contributed by atoms with E-state index in [0.717, 1.165) is 24.8 Å². The predicted molar refractivity (Wildman–Crippen MR) is 122 cm³/mol. The molecule has 2 N–H and O–H groups in total. The van der Waals surface area contributed by atoms with Crippen LogP contribution in [0.2, 0.25) is 0 Å². The third-order valence-corrected chi connectivity index (χ3v) is 6.01. The van der Waals surface area contributed by atoms with E-state index in [4.69, 9.17) is 5.73 Å². The van der Waals surface area contributed by atoms with Gasteiger partial charge < -0.3 is 5.73 Å². The van der Waals surface area contributed by atoms with Crippen LogP contribution in [0.5, 0.6) is 0 Å². The molecule has 2 aromatic carbocycles. The highest BCUT2D eigenvalue weighted by molar-refractivity contribution is 5.83. The van der Waals surface area contributed by atoms with Gasteiger partial charge in [0.1, 0.15) is 5.82 Å². The number of hydrogen-bond acceptors (Lipinski definition) is 2. The van der Waals surface area contributed by atoms with Crippen molar-refractivity contribution in [1.29, 1.82) is 0 Å². The van der Waals surface area contributed by atoms with Gasteiger partial charge in [-0.2, -0.15) is 0 Å². The van der Waals surface area contributed by atoms with Crippen molar-refractivity contribution >= 4 is 11.9 Å². The van der Waals surface area contributed by atoms with Crippen LogP contribution in [0, 0.1) is 19.7 Å². The lowest BCUT2D eigenvalue weighted by Crippen LogP contribution is -2.14. The lowest BCUT2D eigenvalue weighted by atomic mass is 9.76. The Morgan fingerprint density at radius 3 is 2.34 bits per heavy atom. The summed E-state index contributed by atoms with van der Waals surface area (Å²) in [5, 5.41) is 0. The van der Waals surface area contributed by atoms with Gasteiger partial charge in [-0.25, -0.2) is 4.39 Å². The number of nitrogens with two attached hydrogens (primary N) is 1. The van der Waals surface area contributed by atoms with E-state index in [1.54, 1.807) is 0 Å². The van der Waals surface area contributed by atoms with Gasteiger partial charge >= 0.3 is 0 Å². The van der Waals surface area contributed by atoms with E-state index in [0.29, 0.717) is 29.3 Å². The van der Waals surface area contributed by atoms with Crippen LogP contribution in [0.1, 0.15) is 65.5 Å². The maximum Gasteiger partial charge on any atom is 0.136 e. The molecule has 0 aromatic heterocycles. The number of hydrogen-bond donors (Lipinski definition) is 1. The Morgan fingerprint density at radius 2 is 1.79 bits per heavy atom. The standard InChI is InChI=1S/C26H31FN2/c1-5-25(29-16-19(4)28)24-15-13-22(20-10-7-11-20)23(26(24)27)14-12-21-17(2)8-6-9-18(21)3/h5-6,8-9,13,15-16,20H,4,7,10-12,14,28H2,1-3H3/b25-5-,29-16-. The Hall–Kier alpha value is -2.68. The number of allylic oxidation sites excluding steroid dienone is 2. The molecule has 0 unspecified atom stereocenters. The third-order valence-electron chi connectivity index (χ3n) is 6.01. The maximum atomic E-state index is 15.8. The van der Waals surface area contributed by atoms with Crippen LogP contribution in [0.4, 0.5) is 4.39 Å². The molecule has 0 bridgehead atoms. The quantitative estimate of drug-likeness (QED) is 0.546. The second-order valence-corrected chi connectivity index (χ2v) is 8.00. The molecule has 0 spiro atoms. The summed E-state index contributed by atoms with van der Waals surface area (Å²) >= 11 is 0. The molecule has 0 saturated heterocycles. The first kappa shape index (κ1) is 21.0. The van der Waals surface area contributed by atoms with Crippen molar-refractivity contribution in [3.05, 3.63) is 87.9 Å². The minimum absolute atomic E-state index is 0.145. The van der Waals surface area contributed by atoms with Crippen molar-refractivity contribution in [3.8, 4) is 0 Å². The summed E-state index contributed by atoms with van der Waals surface area (Å²) in [5.41, 5.74) is 13.0. The SMILES string of the molecule is C=C(N)/C=N\C(=C/C)c1ccc(C2CCC2)c(CCc2c(C)cccc2C)c1F. The molecule has 3 heteroatoms. The highest BCUT2D eigenvalue weighted by atomic mass is 19.1. The number of aliphatic imine (C=N–C) groups is 1. The number of aryl methyl sites for hydroxylation is 2. The number of nitrogens with zero attached hydrogens (tertiary/aromatic N) is 1. The van der Waals surface area contributed by atoms with Gasteiger partial charge in [0.25, 0.3) is 0 Å². The average molecular weight is 391 g/mol. The van der Waals surface area contributed by atoms with Crippen molar-refractivity contribution in [2.24, 2.45) is 10.7 Å². The summed E-state index contributed by atoms with van der Waals surface area (Å²) in [6.45, 7) is 9.77. The number of benzene rings is 2. The fourth-order valence-corrected chi connectivity index (χ4v) is 4.14. The minimum Gasteiger partial charge on any atom is -0.398 e. The molecule has 2 nitrogen and oxygen atoms in total. The molecule has 0 atom stereocenters.